The lowest BCUT2D eigenvalue weighted by atomic mass is 10.0. The lowest BCUT2D eigenvalue weighted by Gasteiger charge is -2.28. The van der Waals surface area contributed by atoms with Gasteiger partial charge in [0, 0.05) is 12.8 Å². The average Bonchev–Trinajstić information content (AvgIpc) is 3.25. The third-order valence-electron chi connectivity index (χ3n) is 12.0. The fourth-order valence-electron chi connectivity index (χ4n) is 7.75. The van der Waals surface area contributed by atoms with E-state index >= 15 is 0 Å². The molecule has 0 aliphatic heterocycles. The SMILES string of the molecule is CCCCC/C=C\C/C=C\CCCCCCCCCCCC(=O)OC[C@H](COP(=O)([O-])OCC[N+](C)(C)C)OC(=O)CCCCCCCCCCCCCCCCCCCCCCC. The third kappa shape index (κ3) is 49.9. The molecule has 10 heteroatoms. The first-order chi connectivity index (χ1) is 31.0. The number of carbonyl (C=O) groups excluding carboxylic acids is 2. The molecule has 0 heterocycles. The highest BCUT2D eigenvalue weighted by Gasteiger charge is 2.21. The Labute approximate surface area is 396 Å². The van der Waals surface area contributed by atoms with Gasteiger partial charge in [-0.2, -0.15) is 0 Å². The number of quaternary nitrogens is 1. The van der Waals surface area contributed by atoms with Crippen LogP contribution in [0.15, 0.2) is 24.3 Å². The Bertz CT molecular complexity index is 1140. The van der Waals surface area contributed by atoms with Crippen LogP contribution in [0, 0.1) is 0 Å². The molecule has 0 radical (unpaired) electrons. The number of hydrogen-bond acceptors (Lipinski definition) is 8. The summed E-state index contributed by atoms with van der Waals surface area (Å²) in [6.45, 7) is 4.25. The first-order valence-corrected chi connectivity index (χ1v) is 28.5. The topological polar surface area (TPSA) is 111 Å². The predicted molar refractivity (Wildman–Crippen MR) is 268 cm³/mol. The quantitative estimate of drug-likeness (QED) is 0.0195. The summed E-state index contributed by atoms with van der Waals surface area (Å²) in [6.07, 6.45) is 53.5. The number of carbonyl (C=O) groups is 2. The van der Waals surface area contributed by atoms with E-state index in [1.165, 1.54) is 186 Å². The minimum Gasteiger partial charge on any atom is -0.756 e. The molecule has 0 fully saturated rings. The summed E-state index contributed by atoms with van der Waals surface area (Å²) >= 11 is 0. The predicted octanol–water partition coefficient (Wildman–Crippen LogP) is 15.6. The van der Waals surface area contributed by atoms with Crippen LogP contribution in [0.3, 0.4) is 0 Å². The number of likely N-dealkylation sites (N-methyl/N-ethyl adjacent to an activating group) is 1. The van der Waals surface area contributed by atoms with Gasteiger partial charge in [0.1, 0.15) is 19.8 Å². The van der Waals surface area contributed by atoms with Crippen LogP contribution in [0.5, 0.6) is 0 Å². The Morgan fingerprint density at radius 2 is 0.844 bits per heavy atom. The molecule has 9 nitrogen and oxygen atoms in total. The maximum atomic E-state index is 12.8. The molecule has 0 aliphatic rings. The van der Waals surface area contributed by atoms with Crippen LogP contribution in [-0.2, 0) is 32.7 Å². The lowest BCUT2D eigenvalue weighted by Crippen LogP contribution is -2.37. The highest BCUT2D eigenvalue weighted by atomic mass is 31.2. The molecule has 0 rings (SSSR count). The second-order valence-electron chi connectivity index (χ2n) is 19.6. The molecular formula is C54H104NO8P. The molecule has 0 aromatic rings. The molecule has 378 valence electrons. The molecule has 0 bridgehead atoms. The van der Waals surface area contributed by atoms with E-state index in [1.807, 2.05) is 21.1 Å². The largest absolute Gasteiger partial charge is 0.756 e. The van der Waals surface area contributed by atoms with E-state index in [1.54, 1.807) is 0 Å². The van der Waals surface area contributed by atoms with Crippen molar-refractivity contribution in [3.8, 4) is 0 Å². The van der Waals surface area contributed by atoms with Crippen molar-refractivity contribution >= 4 is 19.8 Å². The zero-order valence-electron chi connectivity index (χ0n) is 42.7. The smallest absolute Gasteiger partial charge is 0.306 e. The van der Waals surface area contributed by atoms with Gasteiger partial charge in [0.25, 0.3) is 7.82 Å². The molecule has 1 unspecified atom stereocenters. The third-order valence-corrected chi connectivity index (χ3v) is 12.9. The summed E-state index contributed by atoms with van der Waals surface area (Å²) in [5.74, 6) is -0.825. The monoisotopic (exact) mass is 926 g/mol. The minimum atomic E-state index is -4.63. The first-order valence-electron chi connectivity index (χ1n) is 27.0. The molecule has 0 saturated heterocycles. The van der Waals surface area contributed by atoms with Crippen molar-refractivity contribution in [2.45, 2.75) is 264 Å². The van der Waals surface area contributed by atoms with Gasteiger partial charge in [0.05, 0.1) is 27.7 Å². The Morgan fingerprint density at radius 1 is 0.484 bits per heavy atom. The van der Waals surface area contributed by atoms with Crippen LogP contribution in [0.4, 0.5) is 0 Å². The molecule has 0 amide bonds. The van der Waals surface area contributed by atoms with Crippen molar-refractivity contribution in [3.63, 3.8) is 0 Å². The van der Waals surface area contributed by atoms with Crippen molar-refractivity contribution in [3.05, 3.63) is 24.3 Å². The normalized spacial score (nSPS) is 13.5. The standard InChI is InChI=1S/C54H104NO8P/c1-6-8-10-12-14-16-18-20-22-24-26-27-29-31-33-35-37-39-41-43-45-47-54(57)63-52(51-62-64(58,59)61-49-48-55(3,4)5)50-60-53(56)46-44-42-40-38-36-34-32-30-28-25-23-21-19-17-15-13-11-9-7-2/h15,17,21,23,52H,6-14,16,18-20,22,24-51H2,1-5H3/b17-15-,23-21-/t52-/m1/s1. The van der Waals surface area contributed by atoms with E-state index < -0.39 is 26.5 Å². The van der Waals surface area contributed by atoms with E-state index in [4.69, 9.17) is 18.5 Å². The Morgan fingerprint density at radius 3 is 1.27 bits per heavy atom. The maximum absolute atomic E-state index is 12.8. The molecule has 0 aliphatic carbocycles. The molecule has 64 heavy (non-hydrogen) atoms. The van der Waals surface area contributed by atoms with E-state index in [0.717, 1.165) is 38.5 Å². The van der Waals surface area contributed by atoms with Gasteiger partial charge in [-0.25, -0.2) is 0 Å². The van der Waals surface area contributed by atoms with Gasteiger partial charge in [0.15, 0.2) is 6.10 Å². The second-order valence-corrected chi connectivity index (χ2v) is 21.0. The minimum absolute atomic E-state index is 0.0290. The summed E-state index contributed by atoms with van der Waals surface area (Å²) in [7, 11) is 1.18. The van der Waals surface area contributed by atoms with Crippen LogP contribution < -0.4 is 4.89 Å². The fourth-order valence-corrected chi connectivity index (χ4v) is 8.48. The molecule has 0 N–H and O–H groups in total. The molecule has 2 atom stereocenters. The van der Waals surface area contributed by atoms with Gasteiger partial charge >= 0.3 is 11.9 Å². The number of phosphoric ester groups is 1. The molecule has 0 saturated carbocycles. The number of esters is 2. The lowest BCUT2D eigenvalue weighted by molar-refractivity contribution is -0.870. The number of hydrogen-bond donors (Lipinski definition) is 0. The van der Waals surface area contributed by atoms with Gasteiger partial charge in [-0.15, -0.1) is 0 Å². The zero-order valence-corrected chi connectivity index (χ0v) is 43.6. The van der Waals surface area contributed by atoms with Crippen LogP contribution in [0.1, 0.15) is 258 Å². The zero-order chi connectivity index (χ0) is 47.1. The Hall–Kier alpha value is -1.51. The fraction of sp³-hybridized carbons (Fsp3) is 0.889. The van der Waals surface area contributed by atoms with Gasteiger partial charge in [-0.05, 0) is 44.9 Å². The number of nitrogens with zero attached hydrogens (tertiary/aromatic N) is 1. The van der Waals surface area contributed by atoms with Crippen molar-refractivity contribution in [2.75, 3.05) is 47.5 Å². The summed E-state index contributed by atoms with van der Waals surface area (Å²) in [4.78, 5) is 37.8. The van der Waals surface area contributed by atoms with E-state index in [9.17, 15) is 19.0 Å². The van der Waals surface area contributed by atoms with Gasteiger partial charge in [-0.3, -0.25) is 14.2 Å². The second kappa shape index (κ2) is 46.6. The van der Waals surface area contributed by atoms with Gasteiger partial charge in [0.2, 0.25) is 0 Å². The van der Waals surface area contributed by atoms with Crippen LogP contribution in [0.25, 0.3) is 0 Å². The number of unbranched alkanes of at least 4 members (excludes halogenated alkanes) is 32. The number of allylic oxidation sites excluding steroid dienone is 4. The Kier molecular flexibility index (Phi) is 45.5. The van der Waals surface area contributed by atoms with E-state index in [2.05, 4.69) is 38.2 Å². The van der Waals surface area contributed by atoms with Crippen molar-refractivity contribution in [1.29, 1.82) is 0 Å². The summed E-state index contributed by atoms with van der Waals surface area (Å²) in [5, 5.41) is 0. The molecule has 0 aromatic heterocycles. The van der Waals surface area contributed by atoms with E-state index in [-0.39, 0.29) is 32.0 Å². The molecule has 0 aromatic carbocycles. The number of rotatable bonds is 50. The highest BCUT2D eigenvalue weighted by Crippen LogP contribution is 2.38. The summed E-state index contributed by atoms with van der Waals surface area (Å²) < 4.78 is 34.1. The average molecular weight is 926 g/mol. The van der Waals surface area contributed by atoms with Gasteiger partial charge in [-0.1, -0.05) is 224 Å². The maximum Gasteiger partial charge on any atom is 0.306 e. The van der Waals surface area contributed by atoms with Crippen molar-refractivity contribution < 1.29 is 42.1 Å². The Balaban J connectivity index is 4.19. The van der Waals surface area contributed by atoms with Crippen LogP contribution in [-0.4, -0.2) is 70.0 Å². The molecule has 0 spiro atoms. The summed E-state index contributed by atoms with van der Waals surface area (Å²) in [6, 6.07) is 0. The van der Waals surface area contributed by atoms with Crippen molar-refractivity contribution in [1.82, 2.24) is 0 Å². The van der Waals surface area contributed by atoms with Crippen molar-refractivity contribution in [2.24, 2.45) is 0 Å². The summed E-state index contributed by atoms with van der Waals surface area (Å²) in [5.41, 5.74) is 0. The van der Waals surface area contributed by atoms with Gasteiger partial charge < -0.3 is 27.9 Å². The highest BCUT2D eigenvalue weighted by molar-refractivity contribution is 7.45. The molecular weight excluding hydrogens is 822 g/mol. The number of phosphoric acid groups is 1. The van der Waals surface area contributed by atoms with Crippen LogP contribution >= 0.6 is 7.82 Å². The van der Waals surface area contributed by atoms with E-state index in [0.29, 0.717) is 17.4 Å². The first kappa shape index (κ1) is 62.5. The number of ether oxygens (including phenoxy) is 2. The van der Waals surface area contributed by atoms with Crippen LogP contribution in [0.2, 0.25) is 0 Å².